The first-order chi connectivity index (χ1) is 8.33. The number of hydrogen-bond donors (Lipinski definition) is 1. The van der Waals surface area contributed by atoms with Crippen LogP contribution in [0.3, 0.4) is 0 Å². The van der Waals surface area contributed by atoms with Crippen molar-refractivity contribution >= 4 is 11.3 Å². The summed E-state index contributed by atoms with van der Waals surface area (Å²) in [5, 5.41) is 3.04. The topological polar surface area (TPSA) is 24.9 Å². The second-order valence-corrected chi connectivity index (χ2v) is 3.92. The molecule has 0 bridgehead atoms. The maximum absolute atomic E-state index is 13.2. The second kappa shape index (κ2) is 4.01. The molecule has 0 spiro atoms. The third-order valence-corrected chi connectivity index (χ3v) is 2.76. The maximum Gasteiger partial charge on any atom is 0.123 e. The van der Waals surface area contributed by atoms with E-state index >= 15 is 0 Å². The van der Waals surface area contributed by atoms with Crippen LogP contribution in [0.2, 0.25) is 0 Å². The van der Waals surface area contributed by atoms with E-state index in [1.807, 2.05) is 18.2 Å². The highest BCUT2D eigenvalue weighted by molar-refractivity contribution is 5.72. The van der Waals surface area contributed by atoms with Crippen molar-refractivity contribution in [3.05, 3.63) is 65.9 Å². The van der Waals surface area contributed by atoms with E-state index in [0.29, 0.717) is 6.42 Å². The Bertz CT molecular complexity index is 576. The molecule has 83 valence electrons. The molecular formula is C14H10FN2. The minimum atomic E-state index is -0.215. The molecule has 0 amide bonds. The van der Waals surface area contributed by atoms with Crippen LogP contribution in [-0.2, 0) is 6.42 Å². The molecule has 2 nitrogen and oxygen atoms in total. The summed E-state index contributed by atoms with van der Waals surface area (Å²) in [6, 6.07) is 10.4. The number of allylic oxidation sites excluding steroid dienone is 1. The molecule has 0 atom stereocenters. The van der Waals surface area contributed by atoms with E-state index in [1.165, 1.54) is 6.07 Å². The summed E-state index contributed by atoms with van der Waals surface area (Å²) in [7, 11) is 0. The Kier molecular flexibility index (Phi) is 2.37. The van der Waals surface area contributed by atoms with E-state index in [1.54, 1.807) is 18.3 Å². The minimum Gasteiger partial charge on any atom is -0.353 e. The van der Waals surface area contributed by atoms with Gasteiger partial charge in [0.05, 0.1) is 11.9 Å². The van der Waals surface area contributed by atoms with Crippen LogP contribution in [-0.4, -0.2) is 4.98 Å². The molecule has 1 aromatic carbocycles. The molecule has 1 N–H and O–H groups in total. The number of hydrogen-bond acceptors (Lipinski definition) is 2. The highest BCUT2D eigenvalue weighted by Crippen LogP contribution is 2.28. The number of anilines is 1. The molecule has 1 aliphatic rings. The number of halogens is 1. The quantitative estimate of drug-likeness (QED) is 0.806. The van der Waals surface area contributed by atoms with Crippen LogP contribution < -0.4 is 5.32 Å². The van der Waals surface area contributed by atoms with Crippen molar-refractivity contribution in [3.8, 4) is 0 Å². The summed E-state index contributed by atoms with van der Waals surface area (Å²) < 4.78 is 13.2. The lowest BCUT2D eigenvalue weighted by molar-refractivity contribution is 0.626. The van der Waals surface area contributed by atoms with Gasteiger partial charge in [-0.3, -0.25) is 4.98 Å². The van der Waals surface area contributed by atoms with Crippen molar-refractivity contribution in [3.63, 3.8) is 0 Å². The Balaban J connectivity index is 1.96. The van der Waals surface area contributed by atoms with Crippen LogP contribution in [0.5, 0.6) is 0 Å². The van der Waals surface area contributed by atoms with Crippen molar-refractivity contribution < 1.29 is 4.39 Å². The average Bonchev–Trinajstić information content (AvgIpc) is 2.39. The summed E-state index contributed by atoms with van der Waals surface area (Å²) in [6.45, 7) is 0. The first-order valence-electron chi connectivity index (χ1n) is 5.40. The molecule has 0 fully saturated rings. The number of rotatable bonds is 1. The molecule has 0 unspecified atom stereocenters. The molecule has 1 aromatic heterocycles. The SMILES string of the molecule is Fc1ccc2c(c1)CC(c1ccccn1)=[C]N2. The molecular weight excluding hydrogens is 215 g/mol. The van der Waals surface area contributed by atoms with Crippen molar-refractivity contribution in [2.24, 2.45) is 0 Å². The Hall–Kier alpha value is -2.16. The molecule has 3 rings (SSSR count). The van der Waals surface area contributed by atoms with Crippen molar-refractivity contribution in [2.75, 3.05) is 5.32 Å². The molecule has 0 saturated heterocycles. The van der Waals surface area contributed by atoms with Crippen LogP contribution in [0.25, 0.3) is 5.57 Å². The van der Waals surface area contributed by atoms with Gasteiger partial charge in [-0.1, -0.05) is 6.07 Å². The predicted molar refractivity (Wildman–Crippen MR) is 64.6 cm³/mol. The fourth-order valence-corrected chi connectivity index (χ4v) is 1.90. The zero-order valence-electron chi connectivity index (χ0n) is 9.07. The number of nitrogens with one attached hydrogen (secondary N) is 1. The number of fused-ring (bicyclic) bond motifs is 1. The van der Waals surface area contributed by atoms with Crippen molar-refractivity contribution in [1.82, 2.24) is 4.98 Å². The zero-order chi connectivity index (χ0) is 11.7. The number of benzene rings is 1. The van der Waals surface area contributed by atoms with Gasteiger partial charge in [-0.2, -0.15) is 0 Å². The summed E-state index contributed by atoms with van der Waals surface area (Å²) in [4.78, 5) is 4.26. The fraction of sp³-hybridized carbons (Fsp3) is 0.0714. The molecule has 1 radical (unpaired) electrons. The van der Waals surface area contributed by atoms with Gasteiger partial charge in [-0.25, -0.2) is 4.39 Å². The van der Waals surface area contributed by atoms with Gasteiger partial charge in [0.1, 0.15) is 5.82 Å². The van der Waals surface area contributed by atoms with Crippen LogP contribution >= 0.6 is 0 Å². The average molecular weight is 225 g/mol. The Morgan fingerprint density at radius 1 is 1.24 bits per heavy atom. The van der Waals surface area contributed by atoms with Crippen LogP contribution in [0.4, 0.5) is 10.1 Å². The van der Waals surface area contributed by atoms with Gasteiger partial charge in [0.15, 0.2) is 0 Å². The summed E-state index contributed by atoms with van der Waals surface area (Å²) in [6.07, 6.45) is 5.48. The van der Waals surface area contributed by atoms with Gasteiger partial charge in [-0.15, -0.1) is 0 Å². The highest BCUT2D eigenvalue weighted by atomic mass is 19.1. The lowest BCUT2D eigenvalue weighted by Crippen LogP contribution is -2.07. The molecule has 2 aromatic rings. The predicted octanol–water partition coefficient (Wildman–Crippen LogP) is 3.03. The third kappa shape index (κ3) is 1.91. The molecule has 1 aliphatic heterocycles. The zero-order valence-corrected chi connectivity index (χ0v) is 9.07. The van der Waals surface area contributed by atoms with E-state index in [-0.39, 0.29) is 5.82 Å². The molecule has 3 heteroatoms. The van der Waals surface area contributed by atoms with Gasteiger partial charge >= 0.3 is 0 Å². The van der Waals surface area contributed by atoms with Gasteiger partial charge in [0, 0.05) is 23.9 Å². The van der Waals surface area contributed by atoms with Gasteiger partial charge in [-0.05, 0) is 35.9 Å². The molecule has 2 heterocycles. The van der Waals surface area contributed by atoms with Crippen molar-refractivity contribution in [2.45, 2.75) is 6.42 Å². The van der Waals surface area contributed by atoms with E-state index < -0.39 is 0 Å². The van der Waals surface area contributed by atoms with E-state index in [9.17, 15) is 4.39 Å². The summed E-state index contributed by atoms with van der Waals surface area (Å²) in [5.41, 5.74) is 3.66. The Morgan fingerprint density at radius 3 is 3.00 bits per heavy atom. The summed E-state index contributed by atoms with van der Waals surface area (Å²) in [5.74, 6) is -0.215. The largest absolute Gasteiger partial charge is 0.353 e. The van der Waals surface area contributed by atoms with Crippen LogP contribution in [0.15, 0.2) is 42.6 Å². The van der Waals surface area contributed by atoms with Gasteiger partial charge in [0.25, 0.3) is 0 Å². The fourth-order valence-electron chi connectivity index (χ4n) is 1.90. The first kappa shape index (κ1) is 10.0. The van der Waals surface area contributed by atoms with Gasteiger partial charge < -0.3 is 5.32 Å². The van der Waals surface area contributed by atoms with Gasteiger partial charge in [0.2, 0.25) is 0 Å². The molecule has 0 aliphatic carbocycles. The molecule has 17 heavy (non-hydrogen) atoms. The molecule has 0 saturated carbocycles. The van der Waals surface area contributed by atoms with Crippen LogP contribution in [0, 0.1) is 12.0 Å². The number of aromatic nitrogens is 1. The van der Waals surface area contributed by atoms with E-state index in [4.69, 9.17) is 0 Å². The monoisotopic (exact) mass is 225 g/mol. The van der Waals surface area contributed by atoms with Crippen molar-refractivity contribution in [1.29, 1.82) is 0 Å². The lowest BCUT2D eigenvalue weighted by atomic mass is 9.98. The Labute approximate surface area is 98.8 Å². The standard InChI is InChI=1S/C14H10FN2/c15-12-4-5-14-10(8-12)7-11(9-17-14)13-3-1-2-6-16-13/h1-6,8,17H,7H2. The minimum absolute atomic E-state index is 0.215. The highest BCUT2D eigenvalue weighted by Gasteiger charge is 2.13. The first-order valence-corrected chi connectivity index (χ1v) is 5.40. The van der Waals surface area contributed by atoms with E-state index in [2.05, 4.69) is 16.5 Å². The smallest absolute Gasteiger partial charge is 0.123 e. The maximum atomic E-state index is 13.2. The second-order valence-electron chi connectivity index (χ2n) is 3.92. The summed E-state index contributed by atoms with van der Waals surface area (Å²) >= 11 is 0. The third-order valence-electron chi connectivity index (χ3n) is 2.76. The van der Waals surface area contributed by atoms with Crippen LogP contribution in [0.1, 0.15) is 11.3 Å². The Morgan fingerprint density at radius 2 is 2.18 bits per heavy atom. The number of nitrogens with zero attached hydrogens (tertiary/aromatic N) is 1. The van der Waals surface area contributed by atoms with E-state index in [0.717, 1.165) is 22.5 Å². The normalized spacial score (nSPS) is 13.6. The number of pyridine rings is 1. The lowest BCUT2D eigenvalue weighted by Gasteiger charge is -2.17.